The fourth-order valence-electron chi connectivity index (χ4n) is 1.51. The van der Waals surface area contributed by atoms with Crippen LogP contribution in [0.15, 0.2) is 0 Å². The highest BCUT2D eigenvalue weighted by molar-refractivity contribution is 4.74. The molecule has 0 spiro atoms. The molecule has 0 unspecified atom stereocenters. The minimum Gasteiger partial charge on any atom is -0.383 e. The van der Waals surface area contributed by atoms with Crippen LogP contribution in [0.3, 0.4) is 0 Å². The summed E-state index contributed by atoms with van der Waals surface area (Å²) < 4.78 is 5.00. The highest BCUT2D eigenvalue weighted by Gasteiger charge is 2.15. The van der Waals surface area contributed by atoms with Crippen LogP contribution < -0.4 is 5.73 Å². The van der Waals surface area contributed by atoms with Gasteiger partial charge in [-0.3, -0.25) is 4.90 Å². The largest absolute Gasteiger partial charge is 0.383 e. The van der Waals surface area contributed by atoms with Crippen LogP contribution in [-0.4, -0.2) is 44.3 Å². The smallest absolute Gasteiger partial charge is 0.0589 e. The number of nitrogens with zero attached hydrogens (tertiary/aromatic N) is 1. The van der Waals surface area contributed by atoms with Gasteiger partial charge in [-0.25, -0.2) is 0 Å². The Morgan fingerprint density at radius 1 is 1.64 bits per heavy atom. The van der Waals surface area contributed by atoms with Gasteiger partial charge >= 0.3 is 0 Å². The Morgan fingerprint density at radius 2 is 2.45 bits per heavy atom. The number of hydrogen-bond donors (Lipinski definition) is 1. The monoisotopic (exact) mass is 158 g/mol. The lowest BCUT2D eigenvalue weighted by atomic mass is 10.1. The van der Waals surface area contributed by atoms with Crippen molar-refractivity contribution in [2.24, 2.45) is 5.73 Å². The molecule has 1 aliphatic rings. The van der Waals surface area contributed by atoms with E-state index in [0.717, 1.165) is 19.7 Å². The van der Waals surface area contributed by atoms with Crippen molar-refractivity contribution in [3.63, 3.8) is 0 Å². The third kappa shape index (κ3) is 3.18. The fraction of sp³-hybridized carbons (Fsp3) is 1.00. The van der Waals surface area contributed by atoms with E-state index in [1.807, 2.05) is 0 Å². The van der Waals surface area contributed by atoms with Gasteiger partial charge < -0.3 is 10.5 Å². The summed E-state index contributed by atoms with van der Waals surface area (Å²) in [7, 11) is 1.74. The van der Waals surface area contributed by atoms with Crippen LogP contribution in [0, 0.1) is 0 Å². The Balaban J connectivity index is 2.12. The lowest BCUT2D eigenvalue weighted by Crippen LogP contribution is -2.43. The zero-order valence-corrected chi connectivity index (χ0v) is 7.25. The van der Waals surface area contributed by atoms with Crippen molar-refractivity contribution in [3.8, 4) is 0 Å². The van der Waals surface area contributed by atoms with Gasteiger partial charge in [0.2, 0.25) is 0 Å². The zero-order valence-electron chi connectivity index (χ0n) is 7.25. The molecule has 0 radical (unpaired) electrons. The molecule has 0 aliphatic carbocycles. The Bertz CT molecular complexity index is 108. The molecular weight excluding hydrogens is 140 g/mol. The average molecular weight is 158 g/mol. The molecule has 11 heavy (non-hydrogen) atoms. The maximum Gasteiger partial charge on any atom is 0.0589 e. The van der Waals surface area contributed by atoms with E-state index in [2.05, 4.69) is 4.90 Å². The van der Waals surface area contributed by atoms with Crippen molar-refractivity contribution in [3.05, 3.63) is 0 Å². The number of rotatable bonds is 3. The van der Waals surface area contributed by atoms with E-state index >= 15 is 0 Å². The van der Waals surface area contributed by atoms with E-state index in [-0.39, 0.29) is 0 Å². The highest BCUT2D eigenvalue weighted by atomic mass is 16.5. The molecule has 66 valence electrons. The van der Waals surface area contributed by atoms with Crippen molar-refractivity contribution in [2.45, 2.75) is 18.9 Å². The van der Waals surface area contributed by atoms with Crippen LogP contribution in [-0.2, 0) is 4.74 Å². The average Bonchev–Trinajstić information content (AvgIpc) is 2.01. The molecule has 3 nitrogen and oxygen atoms in total. The first-order chi connectivity index (χ1) is 5.33. The molecule has 0 bridgehead atoms. The topological polar surface area (TPSA) is 38.5 Å². The molecule has 0 aromatic rings. The quantitative estimate of drug-likeness (QED) is 0.631. The van der Waals surface area contributed by atoms with Crippen molar-refractivity contribution in [2.75, 3.05) is 33.4 Å². The summed E-state index contributed by atoms with van der Waals surface area (Å²) in [4.78, 5) is 2.37. The van der Waals surface area contributed by atoms with Crippen LogP contribution in [0.4, 0.5) is 0 Å². The predicted molar refractivity (Wildman–Crippen MR) is 45.5 cm³/mol. The Hall–Kier alpha value is -0.120. The molecule has 1 fully saturated rings. The van der Waals surface area contributed by atoms with E-state index in [0.29, 0.717) is 6.04 Å². The second-order valence-electron chi connectivity index (χ2n) is 3.20. The van der Waals surface area contributed by atoms with Gasteiger partial charge in [-0.15, -0.1) is 0 Å². The van der Waals surface area contributed by atoms with Gasteiger partial charge in [0.1, 0.15) is 0 Å². The number of likely N-dealkylation sites (tertiary alicyclic amines) is 1. The standard InChI is InChI=1S/C8H18N2O/c1-11-6-5-10-4-2-3-8(9)7-10/h8H,2-7,9H2,1H3/t8-/m0/s1. The fourth-order valence-corrected chi connectivity index (χ4v) is 1.51. The molecule has 0 saturated carbocycles. The molecule has 1 atom stereocenters. The molecule has 1 rings (SSSR count). The van der Waals surface area contributed by atoms with Gasteiger partial charge in [-0.05, 0) is 19.4 Å². The Morgan fingerprint density at radius 3 is 3.09 bits per heavy atom. The van der Waals surface area contributed by atoms with Gasteiger partial charge in [0.05, 0.1) is 6.61 Å². The van der Waals surface area contributed by atoms with Crippen LogP contribution in [0.25, 0.3) is 0 Å². The van der Waals surface area contributed by atoms with Gasteiger partial charge in [-0.2, -0.15) is 0 Å². The molecule has 3 heteroatoms. The van der Waals surface area contributed by atoms with Gasteiger partial charge in [0.15, 0.2) is 0 Å². The third-order valence-electron chi connectivity index (χ3n) is 2.15. The number of nitrogens with two attached hydrogens (primary N) is 1. The number of hydrogen-bond acceptors (Lipinski definition) is 3. The summed E-state index contributed by atoms with van der Waals surface area (Å²) in [5, 5.41) is 0. The molecule has 1 heterocycles. The van der Waals surface area contributed by atoms with Crippen molar-refractivity contribution >= 4 is 0 Å². The number of methoxy groups -OCH3 is 1. The minimum atomic E-state index is 0.389. The molecule has 1 saturated heterocycles. The van der Waals surface area contributed by atoms with Crippen LogP contribution in [0.5, 0.6) is 0 Å². The summed E-state index contributed by atoms with van der Waals surface area (Å²) in [5.74, 6) is 0. The third-order valence-corrected chi connectivity index (χ3v) is 2.15. The minimum absolute atomic E-state index is 0.389. The Kier molecular flexibility index (Phi) is 3.83. The summed E-state index contributed by atoms with van der Waals surface area (Å²) in [6.45, 7) is 4.09. The van der Waals surface area contributed by atoms with Crippen LogP contribution >= 0.6 is 0 Å². The first-order valence-electron chi connectivity index (χ1n) is 4.30. The highest BCUT2D eigenvalue weighted by Crippen LogP contribution is 2.06. The van der Waals surface area contributed by atoms with E-state index < -0.39 is 0 Å². The predicted octanol–water partition coefficient (Wildman–Crippen LogP) is 0.0559. The molecule has 2 N–H and O–H groups in total. The van der Waals surface area contributed by atoms with Crippen molar-refractivity contribution < 1.29 is 4.74 Å². The van der Waals surface area contributed by atoms with Gasteiger partial charge in [-0.1, -0.05) is 0 Å². The lowest BCUT2D eigenvalue weighted by molar-refractivity contribution is 0.129. The molecule has 0 aromatic carbocycles. The summed E-state index contributed by atoms with van der Waals surface area (Å²) >= 11 is 0. The van der Waals surface area contributed by atoms with E-state index in [9.17, 15) is 0 Å². The second kappa shape index (κ2) is 4.70. The summed E-state index contributed by atoms with van der Waals surface area (Å²) in [5.41, 5.74) is 5.81. The van der Waals surface area contributed by atoms with Crippen molar-refractivity contribution in [1.29, 1.82) is 0 Å². The first-order valence-corrected chi connectivity index (χ1v) is 4.30. The van der Waals surface area contributed by atoms with E-state index in [1.54, 1.807) is 7.11 Å². The van der Waals surface area contributed by atoms with Gasteiger partial charge in [0.25, 0.3) is 0 Å². The van der Waals surface area contributed by atoms with E-state index in [1.165, 1.54) is 19.4 Å². The molecule has 1 aliphatic heterocycles. The van der Waals surface area contributed by atoms with Gasteiger partial charge in [0, 0.05) is 26.2 Å². The maximum absolute atomic E-state index is 5.81. The zero-order chi connectivity index (χ0) is 8.10. The molecule has 0 aromatic heterocycles. The lowest BCUT2D eigenvalue weighted by Gasteiger charge is -2.30. The van der Waals surface area contributed by atoms with Crippen molar-refractivity contribution in [1.82, 2.24) is 4.90 Å². The molecular formula is C8H18N2O. The second-order valence-corrected chi connectivity index (χ2v) is 3.20. The SMILES string of the molecule is COCCN1CCC[C@H](N)C1. The first kappa shape index (κ1) is 8.97. The summed E-state index contributed by atoms with van der Waals surface area (Å²) in [6.07, 6.45) is 2.42. The number of ether oxygens (including phenoxy) is 1. The summed E-state index contributed by atoms with van der Waals surface area (Å²) in [6, 6.07) is 0.389. The maximum atomic E-state index is 5.81. The van der Waals surface area contributed by atoms with E-state index in [4.69, 9.17) is 10.5 Å². The van der Waals surface area contributed by atoms with Crippen LogP contribution in [0.1, 0.15) is 12.8 Å². The molecule has 0 amide bonds. The Labute approximate surface area is 68.5 Å². The van der Waals surface area contributed by atoms with Crippen LogP contribution in [0.2, 0.25) is 0 Å². The number of piperidine rings is 1. The normalized spacial score (nSPS) is 27.3.